The molecule has 0 fully saturated rings. The second-order valence-corrected chi connectivity index (χ2v) is 8.67. The summed E-state index contributed by atoms with van der Waals surface area (Å²) in [5, 5.41) is 3.00. The zero-order valence-electron chi connectivity index (χ0n) is 16.0. The molecular formula is C21H28N2O3S. The highest BCUT2D eigenvalue weighted by Crippen LogP contribution is 2.17. The van der Waals surface area contributed by atoms with Crippen LogP contribution in [0.5, 0.6) is 0 Å². The Kier molecular flexibility index (Phi) is 7.85. The van der Waals surface area contributed by atoms with Crippen LogP contribution < -0.4 is 9.62 Å². The molecule has 1 N–H and O–H groups in total. The van der Waals surface area contributed by atoms with Crippen molar-refractivity contribution in [3.05, 3.63) is 66.2 Å². The van der Waals surface area contributed by atoms with Crippen LogP contribution in [0.4, 0.5) is 5.69 Å². The monoisotopic (exact) mass is 388 g/mol. The molecular weight excluding hydrogens is 360 g/mol. The Morgan fingerprint density at radius 1 is 1.04 bits per heavy atom. The predicted molar refractivity (Wildman–Crippen MR) is 110 cm³/mol. The van der Waals surface area contributed by atoms with Gasteiger partial charge in [-0.05, 0) is 43.9 Å². The zero-order chi connectivity index (χ0) is 19.7. The van der Waals surface area contributed by atoms with Gasteiger partial charge in [-0.2, -0.15) is 0 Å². The second kappa shape index (κ2) is 10.1. The third kappa shape index (κ3) is 7.43. The maximum Gasteiger partial charge on any atom is 0.232 e. The summed E-state index contributed by atoms with van der Waals surface area (Å²) >= 11 is 0. The van der Waals surface area contributed by atoms with Crippen LogP contribution in [0.15, 0.2) is 60.7 Å². The van der Waals surface area contributed by atoms with Crippen LogP contribution in [0, 0.1) is 0 Å². The number of nitrogens with zero attached hydrogens (tertiary/aromatic N) is 1. The maximum absolute atomic E-state index is 12.2. The minimum Gasteiger partial charge on any atom is -0.354 e. The number of amides is 1. The van der Waals surface area contributed by atoms with Gasteiger partial charge in [-0.3, -0.25) is 9.10 Å². The van der Waals surface area contributed by atoms with E-state index in [1.54, 1.807) is 24.3 Å². The normalized spacial score (nSPS) is 12.4. The molecule has 0 saturated carbocycles. The third-order valence-electron chi connectivity index (χ3n) is 4.33. The standard InChI is InChI=1S/C21H28N2O3S/c1-18(15-16-19-10-5-3-6-11-19)22-21(24)14-9-17-23(27(2,25)26)20-12-7-4-8-13-20/h3-8,10-13,18H,9,14-17H2,1-2H3,(H,22,24)/t18-/m1/s1. The molecule has 1 amide bonds. The number of carbonyl (C=O) groups is 1. The summed E-state index contributed by atoms with van der Waals surface area (Å²) < 4.78 is 25.4. The van der Waals surface area contributed by atoms with Gasteiger partial charge in [0.15, 0.2) is 0 Å². The van der Waals surface area contributed by atoms with Crippen LogP contribution in [-0.2, 0) is 21.2 Å². The van der Waals surface area contributed by atoms with Crippen LogP contribution in [0.25, 0.3) is 0 Å². The lowest BCUT2D eigenvalue weighted by atomic mass is 10.1. The first-order chi connectivity index (χ1) is 12.9. The number of aryl methyl sites for hydroxylation is 1. The van der Waals surface area contributed by atoms with Gasteiger partial charge >= 0.3 is 0 Å². The van der Waals surface area contributed by atoms with Gasteiger partial charge in [0, 0.05) is 19.0 Å². The van der Waals surface area contributed by atoms with Crippen LogP contribution in [0.2, 0.25) is 0 Å². The fourth-order valence-corrected chi connectivity index (χ4v) is 3.88. The van der Waals surface area contributed by atoms with Gasteiger partial charge in [0.1, 0.15) is 0 Å². The molecule has 146 valence electrons. The number of para-hydroxylation sites is 1. The number of nitrogens with one attached hydrogen (secondary N) is 1. The van der Waals surface area contributed by atoms with E-state index in [2.05, 4.69) is 17.4 Å². The number of rotatable bonds is 10. The summed E-state index contributed by atoms with van der Waals surface area (Å²) in [5.74, 6) is -0.0444. The molecule has 0 unspecified atom stereocenters. The molecule has 0 aliphatic rings. The molecule has 5 nitrogen and oxygen atoms in total. The molecule has 2 aromatic carbocycles. The maximum atomic E-state index is 12.2. The summed E-state index contributed by atoms with van der Waals surface area (Å²) in [4.78, 5) is 12.2. The van der Waals surface area contributed by atoms with Gasteiger partial charge in [0.05, 0.1) is 11.9 Å². The molecule has 0 spiro atoms. The molecule has 0 aliphatic carbocycles. The lowest BCUT2D eigenvalue weighted by Gasteiger charge is -2.22. The lowest BCUT2D eigenvalue weighted by molar-refractivity contribution is -0.121. The fourth-order valence-electron chi connectivity index (χ4n) is 2.91. The van der Waals surface area contributed by atoms with Gasteiger partial charge in [-0.15, -0.1) is 0 Å². The summed E-state index contributed by atoms with van der Waals surface area (Å²) in [6.07, 6.45) is 3.74. The van der Waals surface area contributed by atoms with Crippen LogP contribution >= 0.6 is 0 Å². The summed E-state index contributed by atoms with van der Waals surface area (Å²) in [7, 11) is -3.38. The smallest absolute Gasteiger partial charge is 0.232 e. The van der Waals surface area contributed by atoms with Crippen molar-refractivity contribution in [2.75, 3.05) is 17.1 Å². The van der Waals surface area contributed by atoms with Crippen molar-refractivity contribution in [3.8, 4) is 0 Å². The number of carbonyl (C=O) groups excluding carboxylic acids is 1. The van der Waals surface area contributed by atoms with Crippen LogP contribution in [-0.4, -0.2) is 33.2 Å². The van der Waals surface area contributed by atoms with E-state index < -0.39 is 10.0 Å². The minimum atomic E-state index is -3.38. The summed E-state index contributed by atoms with van der Waals surface area (Å²) in [6.45, 7) is 2.28. The largest absolute Gasteiger partial charge is 0.354 e. The van der Waals surface area contributed by atoms with Gasteiger partial charge in [0.2, 0.25) is 15.9 Å². The Morgan fingerprint density at radius 3 is 2.22 bits per heavy atom. The van der Waals surface area contributed by atoms with Crippen molar-refractivity contribution in [1.29, 1.82) is 0 Å². The molecule has 0 aliphatic heterocycles. The van der Waals surface area contributed by atoms with Crippen LogP contribution in [0.3, 0.4) is 0 Å². The molecule has 0 aromatic heterocycles. The highest BCUT2D eigenvalue weighted by Gasteiger charge is 2.17. The third-order valence-corrected chi connectivity index (χ3v) is 5.52. The van der Waals surface area contributed by atoms with Crippen molar-refractivity contribution < 1.29 is 13.2 Å². The number of hydrogen-bond donors (Lipinski definition) is 1. The van der Waals surface area contributed by atoms with Gasteiger partial charge in [-0.25, -0.2) is 8.42 Å². The number of sulfonamides is 1. The summed E-state index contributed by atoms with van der Waals surface area (Å²) in [6, 6.07) is 19.2. The molecule has 27 heavy (non-hydrogen) atoms. The fraction of sp³-hybridized carbons (Fsp3) is 0.381. The van der Waals surface area contributed by atoms with Crippen molar-refractivity contribution in [2.45, 2.75) is 38.6 Å². The Labute approximate surface area is 162 Å². The van der Waals surface area contributed by atoms with E-state index in [1.807, 2.05) is 31.2 Å². The van der Waals surface area contributed by atoms with E-state index >= 15 is 0 Å². The Hall–Kier alpha value is -2.34. The lowest BCUT2D eigenvalue weighted by Crippen LogP contribution is -2.34. The Morgan fingerprint density at radius 2 is 1.63 bits per heavy atom. The van der Waals surface area contributed by atoms with Crippen LogP contribution in [0.1, 0.15) is 31.7 Å². The summed E-state index contributed by atoms with van der Waals surface area (Å²) in [5.41, 5.74) is 1.88. The van der Waals surface area contributed by atoms with Crippen molar-refractivity contribution in [2.24, 2.45) is 0 Å². The van der Waals surface area contributed by atoms with Crippen molar-refractivity contribution in [3.63, 3.8) is 0 Å². The predicted octanol–water partition coefficient (Wildman–Crippen LogP) is 3.37. The van der Waals surface area contributed by atoms with Crippen molar-refractivity contribution >= 4 is 21.6 Å². The van der Waals surface area contributed by atoms with Gasteiger partial charge in [0.25, 0.3) is 0 Å². The van der Waals surface area contributed by atoms with Gasteiger partial charge < -0.3 is 5.32 Å². The molecule has 0 heterocycles. The average molecular weight is 389 g/mol. The second-order valence-electron chi connectivity index (χ2n) is 6.77. The first-order valence-corrected chi connectivity index (χ1v) is 11.1. The molecule has 0 saturated heterocycles. The number of anilines is 1. The van der Waals surface area contributed by atoms with E-state index in [4.69, 9.17) is 0 Å². The van der Waals surface area contributed by atoms with Crippen molar-refractivity contribution in [1.82, 2.24) is 5.32 Å². The van der Waals surface area contributed by atoms with E-state index in [9.17, 15) is 13.2 Å². The Balaban J connectivity index is 1.77. The molecule has 1 atom stereocenters. The van der Waals surface area contributed by atoms with E-state index in [0.29, 0.717) is 18.5 Å². The SMILES string of the molecule is C[C@H](CCc1ccccc1)NC(=O)CCCN(c1ccccc1)S(C)(=O)=O. The number of benzene rings is 2. The first-order valence-electron chi connectivity index (χ1n) is 9.22. The highest BCUT2D eigenvalue weighted by molar-refractivity contribution is 7.92. The number of hydrogen-bond acceptors (Lipinski definition) is 3. The highest BCUT2D eigenvalue weighted by atomic mass is 32.2. The molecule has 2 aromatic rings. The minimum absolute atomic E-state index is 0.0444. The van der Waals surface area contributed by atoms with Gasteiger partial charge in [-0.1, -0.05) is 48.5 Å². The Bertz CT molecular complexity index is 808. The zero-order valence-corrected chi connectivity index (χ0v) is 16.8. The van der Waals surface area contributed by atoms with E-state index in [-0.39, 0.29) is 18.5 Å². The molecule has 6 heteroatoms. The molecule has 0 bridgehead atoms. The molecule has 2 rings (SSSR count). The quantitative estimate of drug-likeness (QED) is 0.679. The van der Waals surface area contributed by atoms with E-state index in [0.717, 1.165) is 12.8 Å². The average Bonchev–Trinajstić information content (AvgIpc) is 2.64. The topological polar surface area (TPSA) is 66.5 Å². The first kappa shape index (κ1) is 21.0. The molecule has 0 radical (unpaired) electrons. The van der Waals surface area contributed by atoms with E-state index in [1.165, 1.54) is 16.1 Å².